The third-order valence-electron chi connectivity index (χ3n) is 2.36. The summed E-state index contributed by atoms with van der Waals surface area (Å²) in [7, 11) is 0. The topological polar surface area (TPSA) is 81.0 Å². The van der Waals surface area contributed by atoms with Crippen LogP contribution in [0.1, 0.15) is 19.8 Å². The van der Waals surface area contributed by atoms with Gasteiger partial charge in [-0.3, -0.25) is 10.1 Å². The van der Waals surface area contributed by atoms with Gasteiger partial charge in [0.1, 0.15) is 6.20 Å². The van der Waals surface area contributed by atoms with Crippen molar-refractivity contribution in [3.63, 3.8) is 0 Å². The lowest BCUT2D eigenvalue weighted by molar-refractivity contribution is -0.384. The Morgan fingerprint density at radius 2 is 2.33 bits per heavy atom. The first-order valence-corrected chi connectivity index (χ1v) is 4.83. The Kier molecular flexibility index (Phi) is 2.22. The number of hydrogen-bond donors (Lipinski definition) is 1. The van der Waals surface area contributed by atoms with Crippen LogP contribution in [-0.4, -0.2) is 20.4 Å². The molecule has 7 heteroatoms. The minimum Gasteiger partial charge on any atom is -0.359 e. The van der Waals surface area contributed by atoms with Crippen molar-refractivity contribution in [1.82, 2.24) is 9.97 Å². The van der Waals surface area contributed by atoms with Crippen molar-refractivity contribution >= 4 is 23.1 Å². The van der Waals surface area contributed by atoms with E-state index in [9.17, 15) is 10.1 Å². The Balaban J connectivity index is 2.34. The normalized spacial score (nSPS) is 17.2. The number of anilines is 1. The molecule has 0 saturated heterocycles. The lowest BCUT2D eigenvalue weighted by atomic mass is 10.3. The molecule has 0 aromatic carbocycles. The summed E-state index contributed by atoms with van der Waals surface area (Å²) >= 11 is 5.59. The van der Waals surface area contributed by atoms with Crippen molar-refractivity contribution in [2.75, 3.05) is 5.32 Å². The van der Waals surface area contributed by atoms with E-state index in [1.165, 1.54) is 0 Å². The molecule has 1 aromatic rings. The first-order chi connectivity index (χ1) is 7.00. The van der Waals surface area contributed by atoms with Crippen LogP contribution in [-0.2, 0) is 0 Å². The molecule has 80 valence electrons. The van der Waals surface area contributed by atoms with Gasteiger partial charge in [-0.25, -0.2) is 4.98 Å². The van der Waals surface area contributed by atoms with Crippen LogP contribution >= 0.6 is 11.6 Å². The summed E-state index contributed by atoms with van der Waals surface area (Å²) in [6, 6.07) is 0. The van der Waals surface area contributed by atoms with Crippen molar-refractivity contribution in [3.8, 4) is 0 Å². The van der Waals surface area contributed by atoms with Crippen LogP contribution in [0.2, 0.25) is 5.28 Å². The molecule has 0 atom stereocenters. The molecule has 1 aliphatic carbocycles. The molecule has 0 radical (unpaired) electrons. The first-order valence-electron chi connectivity index (χ1n) is 4.45. The smallest absolute Gasteiger partial charge is 0.329 e. The highest BCUT2D eigenvalue weighted by molar-refractivity contribution is 6.28. The van der Waals surface area contributed by atoms with Crippen LogP contribution in [0.3, 0.4) is 0 Å². The third kappa shape index (κ3) is 2.15. The number of halogens is 1. The van der Waals surface area contributed by atoms with Crippen molar-refractivity contribution in [3.05, 3.63) is 21.6 Å². The van der Waals surface area contributed by atoms with Gasteiger partial charge in [-0.05, 0) is 31.4 Å². The summed E-state index contributed by atoms with van der Waals surface area (Å²) < 4.78 is 0. The van der Waals surface area contributed by atoms with Gasteiger partial charge in [-0.2, -0.15) is 4.98 Å². The minimum absolute atomic E-state index is 0.00681. The van der Waals surface area contributed by atoms with E-state index in [4.69, 9.17) is 11.6 Å². The number of nitro groups is 1. The molecule has 1 fully saturated rings. The lowest BCUT2D eigenvalue weighted by Gasteiger charge is -2.11. The van der Waals surface area contributed by atoms with Crippen molar-refractivity contribution in [2.45, 2.75) is 25.3 Å². The van der Waals surface area contributed by atoms with Gasteiger partial charge in [0.05, 0.1) is 4.92 Å². The fourth-order valence-corrected chi connectivity index (χ4v) is 1.31. The highest BCUT2D eigenvalue weighted by atomic mass is 35.5. The van der Waals surface area contributed by atoms with E-state index in [1.807, 2.05) is 6.92 Å². The Bertz CT molecular complexity index is 419. The molecule has 1 heterocycles. The summed E-state index contributed by atoms with van der Waals surface area (Å²) in [6.45, 7) is 1.98. The number of hydrogen-bond acceptors (Lipinski definition) is 5. The number of aromatic nitrogens is 2. The Morgan fingerprint density at radius 3 is 2.87 bits per heavy atom. The van der Waals surface area contributed by atoms with E-state index in [-0.39, 0.29) is 22.3 Å². The van der Waals surface area contributed by atoms with Gasteiger partial charge in [0, 0.05) is 5.54 Å². The minimum atomic E-state index is -0.523. The predicted molar refractivity (Wildman–Crippen MR) is 55.0 cm³/mol. The van der Waals surface area contributed by atoms with Gasteiger partial charge in [-0.1, -0.05) is 0 Å². The Labute approximate surface area is 90.8 Å². The van der Waals surface area contributed by atoms with Gasteiger partial charge >= 0.3 is 5.69 Å². The molecule has 2 rings (SSSR count). The van der Waals surface area contributed by atoms with Gasteiger partial charge in [0.25, 0.3) is 0 Å². The molecule has 1 saturated carbocycles. The summed E-state index contributed by atoms with van der Waals surface area (Å²) in [5.74, 6) is 0.194. The molecule has 6 nitrogen and oxygen atoms in total. The molecule has 0 amide bonds. The molecular formula is C8H9ClN4O2. The van der Waals surface area contributed by atoms with Crippen LogP contribution in [0.15, 0.2) is 6.20 Å². The summed E-state index contributed by atoms with van der Waals surface area (Å²) in [4.78, 5) is 17.6. The molecule has 1 aromatic heterocycles. The Hall–Kier alpha value is -1.43. The van der Waals surface area contributed by atoms with Crippen LogP contribution in [0.5, 0.6) is 0 Å². The van der Waals surface area contributed by atoms with E-state index in [0.717, 1.165) is 19.0 Å². The molecule has 0 aliphatic heterocycles. The molecule has 15 heavy (non-hydrogen) atoms. The second-order valence-corrected chi connectivity index (χ2v) is 4.15. The molecule has 0 unspecified atom stereocenters. The van der Waals surface area contributed by atoms with Crippen LogP contribution < -0.4 is 5.32 Å². The van der Waals surface area contributed by atoms with Crippen LogP contribution in [0.25, 0.3) is 0 Å². The quantitative estimate of drug-likeness (QED) is 0.486. The molecule has 0 bridgehead atoms. The maximum Gasteiger partial charge on any atom is 0.329 e. The predicted octanol–water partition coefficient (Wildman–Crippen LogP) is 2.00. The van der Waals surface area contributed by atoms with E-state index < -0.39 is 4.92 Å². The average Bonchev–Trinajstić information content (AvgIpc) is 2.82. The zero-order valence-electron chi connectivity index (χ0n) is 8.03. The lowest BCUT2D eigenvalue weighted by Crippen LogP contribution is -2.18. The van der Waals surface area contributed by atoms with E-state index in [1.54, 1.807) is 0 Å². The zero-order valence-corrected chi connectivity index (χ0v) is 8.78. The van der Waals surface area contributed by atoms with E-state index in [2.05, 4.69) is 15.3 Å². The van der Waals surface area contributed by atoms with Crippen molar-refractivity contribution < 1.29 is 4.92 Å². The number of nitrogens with zero attached hydrogens (tertiary/aromatic N) is 3. The number of nitrogens with one attached hydrogen (secondary N) is 1. The van der Waals surface area contributed by atoms with Crippen LogP contribution in [0.4, 0.5) is 11.5 Å². The van der Waals surface area contributed by atoms with Gasteiger partial charge in [0.2, 0.25) is 11.1 Å². The fourth-order valence-electron chi connectivity index (χ4n) is 1.18. The Morgan fingerprint density at radius 1 is 1.67 bits per heavy atom. The monoisotopic (exact) mass is 228 g/mol. The average molecular weight is 229 g/mol. The third-order valence-corrected chi connectivity index (χ3v) is 2.54. The molecule has 1 aliphatic rings. The van der Waals surface area contributed by atoms with Gasteiger partial charge < -0.3 is 5.32 Å². The molecular weight excluding hydrogens is 220 g/mol. The second-order valence-electron chi connectivity index (χ2n) is 3.82. The largest absolute Gasteiger partial charge is 0.359 e. The highest BCUT2D eigenvalue weighted by Crippen LogP contribution is 2.39. The number of rotatable bonds is 3. The second kappa shape index (κ2) is 3.30. The SMILES string of the molecule is CC1(Nc2nc(Cl)ncc2[N+](=O)[O-])CC1. The fraction of sp³-hybridized carbons (Fsp3) is 0.500. The summed E-state index contributed by atoms with van der Waals surface area (Å²) in [6.07, 6.45) is 3.07. The maximum atomic E-state index is 10.7. The first kappa shape index (κ1) is 10.1. The van der Waals surface area contributed by atoms with E-state index >= 15 is 0 Å². The maximum absolute atomic E-state index is 10.7. The van der Waals surface area contributed by atoms with Gasteiger partial charge in [-0.15, -0.1) is 0 Å². The highest BCUT2D eigenvalue weighted by Gasteiger charge is 2.39. The van der Waals surface area contributed by atoms with Gasteiger partial charge in [0.15, 0.2) is 0 Å². The van der Waals surface area contributed by atoms with E-state index in [0.29, 0.717) is 0 Å². The zero-order chi connectivity index (χ0) is 11.1. The summed E-state index contributed by atoms with van der Waals surface area (Å²) in [5, 5.41) is 13.7. The summed E-state index contributed by atoms with van der Waals surface area (Å²) in [5.41, 5.74) is -0.227. The standard InChI is InChI=1S/C8H9ClN4O2/c1-8(2-3-8)12-6-5(13(14)15)4-10-7(9)11-6/h4H,2-3H2,1H3,(H,10,11,12). The molecule has 0 spiro atoms. The molecule has 1 N–H and O–H groups in total. The van der Waals surface area contributed by atoms with Crippen molar-refractivity contribution in [2.24, 2.45) is 0 Å². The van der Waals surface area contributed by atoms with Crippen LogP contribution in [0, 0.1) is 10.1 Å². The van der Waals surface area contributed by atoms with Crippen molar-refractivity contribution in [1.29, 1.82) is 0 Å².